The van der Waals surface area contributed by atoms with Crippen molar-refractivity contribution in [2.75, 3.05) is 6.54 Å². The predicted molar refractivity (Wildman–Crippen MR) is 146 cm³/mol. The Morgan fingerprint density at radius 3 is 2.36 bits per heavy atom. The van der Waals surface area contributed by atoms with E-state index in [2.05, 4.69) is 58.2 Å². The highest BCUT2D eigenvalue weighted by molar-refractivity contribution is 7.98. The van der Waals surface area contributed by atoms with Gasteiger partial charge in [0.1, 0.15) is 5.52 Å². The largest absolute Gasteiger partial charge is 0.351 e. The van der Waals surface area contributed by atoms with E-state index in [9.17, 15) is 4.79 Å². The Morgan fingerprint density at radius 2 is 1.61 bits per heavy atom. The van der Waals surface area contributed by atoms with Crippen LogP contribution in [0.5, 0.6) is 0 Å². The molecule has 36 heavy (non-hydrogen) atoms. The molecular formula is C30H28N4OS. The molecule has 1 N–H and O–H groups in total. The summed E-state index contributed by atoms with van der Waals surface area (Å²) in [5.74, 6) is 0.966. The Morgan fingerprint density at radius 1 is 0.889 bits per heavy atom. The number of pyridine rings is 1. The molecule has 3 aromatic carbocycles. The molecule has 2 aromatic heterocycles. The zero-order chi connectivity index (χ0) is 24.7. The molecule has 0 aliphatic heterocycles. The molecule has 5 nitrogen and oxygen atoms in total. The number of nitrogens with zero attached hydrogens (tertiary/aromatic N) is 3. The van der Waals surface area contributed by atoms with Crippen molar-refractivity contribution in [3.63, 3.8) is 0 Å². The highest BCUT2D eigenvalue weighted by Gasteiger charge is 2.14. The number of nitrogens with one attached hydrogen (secondary N) is 1. The van der Waals surface area contributed by atoms with Gasteiger partial charge in [-0.25, -0.2) is 9.97 Å². The number of rotatable bonds is 9. The summed E-state index contributed by atoms with van der Waals surface area (Å²) < 4.78 is 2.17. The van der Waals surface area contributed by atoms with Gasteiger partial charge in [0.25, 0.3) is 5.91 Å². The molecule has 0 radical (unpaired) electrons. The molecule has 1 amide bonds. The second kappa shape index (κ2) is 11.2. The van der Waals surface area contributed by atoms with E-state index in [4.69, 9.17) is 4.98 Å². The number of benzene rings is 3. The summed E-state index contributed by atoms with van der Waals surface area (Å²) in [6.07, 6.45) is 1.81. The van der Waals surface area contributed by atoms with E-state index in [-0.39, 0.29) is 11.8 Å². The highest BCUT2D eigenvalue weighted by atomic mass is 32.2. The van der Waals surface area contributed by atoms with Gasteiger partial charge >= 0.3 is 0 Å². The van der Waals surface area contributed by atoms with Gasteiger partial charge in [-0.1, -0.05) is 91.5 Å². The maximum Gasteiger partial charge on any atom is 0.251 e. The topological polar surface area (TPSA) is 59.8 Å². The first-order valence-electron chi connectivity index (χ1n) is 12.1. The van der Waals surface area contributed by atoms with Crippen LogP contribution in [0.15, 0.2) is 108 Å². The number of thioether (sulfide) groups is 1. The fourth-order valence-electron chi connectivity index (χ4n) is 4.10. The van der Waals surface area contributed by atoms with Crippen LogP contribution in [0.2, 0.25) is 0 Å². The van der Waals surface area contributed by atoms with E-state index < -0.39 is 0 Å². The summed E-state index contributed by atoms with van der Waals surface area (Å²) in [4.78, 5) is 22.1. The number of hydrogen-bond donors (Lipinski definition) is 1. The van der Waals surface area contributed by atoms with Gasteiger partial charge in [0.15, 0.2) is 10.8 Å². The Balaban J connectivity index is 1.23. The van der Waals surface area contributed by atoms with Gasteiger partial charge in [-0.3, -0.25) is 9.36 Å². The van der Waals surface area contributed by atoms with Crippen molar-refractivity contribution < 1.29 is 4.79 Å². The first-order chi connectivity index (χ1) is 17.7. The van der Waals surface area contributed by atoms with Crippen LogP contribution in [0.1, 0.15) is 39.9 Å². The molecule has 180 valence electrons. The van der Waals surface area contributed by atoms with Gasteiger partial charge in [0.2, 0.25) is 0 Å². The van der Waals surface area contributed by atoms with Gasteiger partial charge in [-0.15, -0.1) is 0 Å². The molecule has 0 aliphatic carbocycles. The van der Waals surface area contributed by atoms with E-state index in [0.29, 0.717) is 12.1 Å². The van der Waals surface area contributed by atoms with E-state index in [1.807, 2.05) is 66.9 Å². The molecule has 1 atom stereocenters. The van der Waals surface area contributed by atoms with E-state index in [1.165, 1.54) is 11.1 Å². The number of carbonyl (C=O) groups is 1. The third kappa shape index (κ3) is 5.66. The number of aromatic nitrogens is 3. The number of imidazole rings is 1. The fraction of sp³-hybridized carbons (Fsp3) is 0.167. The van der Waals surface area contributed by atoms with Crippen LogP contribution in [0.25, 0.3) is 11.2 Å². The van der Waals surface area contributed by atoms with Gasteiger partial charge in [0, 0.05) is 24.1 Å². The minimum absolute atomic E-state index is 0.0484. The van der Waals surface area contributed by atoms with Gasteiger partial charge in [-0.05, 0) is 46.9 Å². The Kier molecular flexibility index (Phi) is 7.43. The lowest BCUT2D eigenvalue weighted by Gasteiger charge is -2.13. The van der Waals surface area contributed by atoms with E-state index >= 15 is 0 Å². The molecule has 2 heterocycles. The van der Waals surface area contributed by atoms with Crippen LogP contribution < -0.4 is 5.32 Å². The number of fused-ring (bicyclic) bond motifs is 1. The van der Waals surface area contributed by atoms with Crippen molar-refractivity contribution in [3.05, 3.63) is 126 Å². The first-order valence-corrected chi connectivity index (χ1v) is 13.1. The van der Waals surface area contributed by atoms with Gasteiger partial charge in [-0.2, -0.15) is 0 Å². The van der Waals surface area contributed by atoms with E-state index in [0.717, 1.165) is 34.2 Å². The van der Waals surface area contributed by atoms with Crippen LogP contribution >= 0.6 is 11.8 Å². The highest BCUT2D eigenvalue weighted by Crippen LogP contribution is 2.27. The van der Waals surface area contributed by atoms with Crippen molar-refractivity contribution >= 4 is 28.8 Å². The van der Waals surface area contributed by atoms with Crippen LogP contribution in [0, 0.1) is 0 Å². The lowest BCUT2D eigenvalue weighted by molar-refractivity contribution is 0.0951. The van der Waals surface area contributed by atoms with Crippen LogP contribution in [-0.2, 0) is 12.3 Å². The normalized spacial score (nSPS) is 11.9. The molecule has 0 aliphatic rings. The lowest BCUT2D eigenvalue weighted by atomic mass is 10.0. The quantitative estimate of drug-likeness (QED) is 0.245. The Labute approximate surface area is 215 Å². The van der Waals surface area contributed by atoms with Gasteiger partial charge < -0.3 is 5.32 Å². The van der Waals surface area contributed by atoms with Crippen molar-refractivity contribution in [1.29, 1.82) is 0 Å². The fourth-order valence-corrected chi connectivity index (χ4v) is 5.06. The lowest BCUT2D eigenvalue weighted by Crippen LogP contribution is -2.27. The zero-order valence-corrected chi connectivity index (χ0v) is 21.0. The summed E-state index contributed by atoms with van der Waals surface area (Å²) in [6.45, 7) is 3.44. The average molecular weight is 493 g/mol. The molecule has 6 heteroatoms. The molecule has 0 bridgehead atoms. The summed E-state index contributed by atoms with van der Waals surface area (Å²) >= 11 is 1.68. The number of hydrogen-bond acceptors (Lipinski definition) is 4. The van der Waals surface area contributed by atoms with Crippen molar-refractivity contribution in [2.24, 2.45) is 0 Å². The molecule has 0 spiro atoms. The summed E-state index contributed by atoms with van der Waals surface area (Å²) in [7, 11) is 0. The summed E-state index contributed by atoms with van der Waals surface area (Å²) in [6, 6.07) is 32.3. The number of carbonyl (C=O) groups excluding carboxylic acids is 1. The first kappa shape index (κ1) is 23.8. The second-order valence-electron chi connectivity index (χ2n) is 8.82. The average Bonchev–Trinajstić information content (AvgIpc) is 3.28. The van der Waals surface area contributed by atoms with Crippen molar-refractivity contribution in [1.82, 2.24) is 19.9 Å². The second-order valence-corrected chi connectivity index (χ2v) is 9.76. The standard InChI is InChI=1S/C30H28N4OS/c1-22(25-11-6-3-7-12-25)19-32-29(35)26-16-14-24(15-17-26)21-36-30-33-27-13-8-18-31-28(27)34(30)20-23-9-4-2-5-10-23/h2-18,22H,19-21H2,1H3,(H,32,35)/t22-/m0/s1. The van der Waals surface area contributed by atoms with Crippen molar-refractivity contribution in [2.45, 2.75) is 30.3 Å². The number of amides is 1. The van der Waals surface area contributed by atoms with Gasteiger partial charge in [0.05, 0.1) is 6.54 Å². The monoisotopic (exact) mass is 492 g/mol. The molecule has 5 aromatic rings. The zero-order valence-electron chi connectivity index (χ0n) is 20.2. The minimum Gasteiger partial charge on any atom is -0.351 e. The Hall–Kier alpha value is -3.90. The smallest absolute Gasteiger partial charge is 0.251 e. The third-order valence-electron chi connectivity index (χ3n) is 6.17. The van der Waals surface area contributed by atoms with Crippen LogP contribution in [0.4, 0.5) is 0 Å². The SMILES string of the molecule is C[C@@H](CNC(=O)c1ccc(CSc2nc3cccnc3n2Cc2ccccc2)cc1)c1ccccc1. The summed E-state index contributed by atoms with van der Waals surface area (Å²) in [5, 5.41) is 3.99. The van der Waals surface area contributed by atoms with E-state index in [1.54, 1.807) is 11.8 Å². The summed E-state index contributed by atoms with van der Waals surface area (Å²) in [5.41, 5.74) is 6.03. The molecule has 0 saturated heterocycles. The van der Waals surface area contributed by atoms with Crippen LogP contribution in [0.3, 0.4) is 0 Å². The maximum atomic E-state index is 12.7. The van der Waals surface area contributed by atoms with Crippen molar-refractivity contribution in [3.8, 4) is 0 Å². The minimum atomic E-state index is -0.0484. The molecular weight excluding hydrogens is 464 g/mol. The molecule has 0 saturated carbocycles. The maximum absolute atomic E-state index is 12.7. The molecule has 0 fully saturated rings. The molecule has 5 rings (SSSR count). The third-order valence-corrected chi connectivity index (χ3v) is 7.22. The predicted octanol–water partition coefficient (Wildman–Crippen LogP) is 6.31. The Bertz CT molecular complexity index is 1430. The van der Waals surface area contributed by atoms with Crippen LogP contribution in [-0.4, -0.2) is 27.0 Å². The molecule has 0 unspecified atom stereocenters.